The van der Waals surface area contributed by atoms with E-state index in [0.29, 0.717) is 18.2 Å². The Kier molecular flexibility index (Phi) is 12.3. The second-order valence-electron chi connectivity index (χ2n) is 14.3. The molecule has 0 aliphatic carbocycles. The highest BCUT2D eigenvalue weighted by atomic mass is 32.1. The average molecular weight is 712 g/mol. The Hall–Kier alpha value is -4.61. The molecule has 2 fully saturated rings. The molecule has 2 saturated heterocycles. The van der Waals surface area contributed by atoms with Gasteiger partial charge in [-0.2, -0.15) is 0 Å². The molecular formula is C40H49N5O5S. The number of carboxylic acid groups (broad SMARTS) is 1. The van der Waals surface area contributed by atoms with Crippen molar-refractivity contribution in [2.24, 2.45) is 5.92 Å². The van der Waals surface area contributed by atoms with Crippen LogP contribution in [0.25, 0.3) is 11.4 Å². The number of aromatic nitrogens is 2. The van der Waals surface area contributed by atoms with Crippen molar-refractivity contribution in [3.8, 4) is 17.1 Å². The third-order valence-electron chi connectivity index (χ3n) is 9.74. The maximum absolute atomic E-state index is 12.8. The van der Waals surface area contributed by atoms with Crippen LogP contribution in [0.1, 0.15) is 70.8 Å². The molecule has 2 aromatic heterocycles. The van der Waals surface area contributed by atoms with Gasteiger partial charge in [-0.3, -0.25) is 14.4 Å². The first-order valence-electron chi connectivity index (χ1n) is 17.4. The smallest absolute Gasteiger partial charge is 0.310 e. The number of nitrogens with zero attached hydrogens (tertiary/aromatic N) is 4. The molecule has 2 aliphatic heterocycles. The highest BCUT2D eigenvalue weighted by Crippen LogP contribution is 2.34. The summed E-state index contributed by atoms with van der Waals surface area (Å²) in [6, 6.07) is 17.8. The second kappa shape index (κ2) is 16.6. The van der Waals surface area contributed by atoms with Crippen molar-refractivity contribution in [2.45, 2.75) is 64.3 Å². The quantitative estimate of drug-likeness (QED) is 0.181. The van der Waals surface area contributed by atoms with Gasteiger partial charge < -0.3 is 25.0 Å². The predicted octanol–water partition coefficient (Wildman–Crippen LogP) is 6.38. The number of benzene rings is 2. The number of likely N-dealkylation sites (N-methyl/N-ethyl adjacent to an activating group) is 1. The molecule has 1 unspecified atom stereocenters. The number of carboxylic acids is 1. The molecule has 11 heteroatoms. The van der Waals surface area contributed by atoms with Gasteiger partial charge in [0.1, 0.15) is 5.75 Å². The van der Waals surface area contributed by atoms with Crippen LogP contribution in [0.5, 0.6) is 5.75 Å². The molecule has 1 amide bonds. The van der Waals surface area contributed by atoms with E-state index in [1.807, 2.05) is 48.8 Å². The topological polar surface area (TPSA) is 125 Å². The Morgan fingerprint density at radius 2 is 1.71 bits per heavy atom. The van der Waals surface area contributed by atoms with Crippen LogP contribution in [0.3, 0.4) is 0 Å². The van der Waals surface area contributed by atoms with Crippen LogP contribution in [0.4, 0.5) is 5.69 Å². The molecule has 0 bridgehead atoms. The monoisotopic (exact) mass is 711 g/mol. The number of methoxy groups -OCH3 is 1. The third-order valence-corrected chi connectivity index (χ3v) is 11.2. The van der Waals surface area contributed by atoms with Crippen LogP contribution in [-0.2, 0) is 21.4 Å². The second-order valence-corrected chi connectivity index (χ2v) is 15.5. The number of carbonyl (C=O) groups excluding carboxylic acids is 2. The lowest BCUT2D eigenvalue weighted by atomic mass is 9.86. The lowest BCUT2D eigenvalue weighted by Crippen LogP contribution is -2.58. The van der Waals surface area contributed by atoms with Gasteiger partial charge in [0, 0.05) is 36.6 Å². The number of hydrogen-bond acceptors (Lipinski definition) is 9. The van der Waals surface area contributed by atoms with Crippen LogP contribution in [-0.4, -0.2) is 84.5 Å². The number of rotatable bonds is 10. The van der Waals surface area contributed by atoms with E-state index in [9.17, 15) is 14.4 Å². The summed E-state index contributed by atoms with van der Waals surface area (Å²) in [7, 11) is 3.46. The number of anilines is 1. The largest absolute Gasteiger partial charge is 0.497 e. The summed E-state index contributed by atoms with van der Waals surface area (Å²) in [5.74, 6) is 0.753. The SMILES string of the molecule is CC(C)(C)c1ccc(C=O)s1.CNC(Cc1ccc(-c2ncc(N3CCC(c4ccc(OC)cc4C)CC3)cn2)cc1)C(=O)N1CC(C(=O)O)C1. The summed E-state index contributed by atoms with van der Waals surface area (Å²) >= 11 is 1.57. The number of carbonyl (C=O) groups is 3. The Labute approximate surface area is 304 Å². The molecule has 1 atom stereocenters. The van der Waals surface area contributed by atoms with Crippen molar-refractivity contribution in [2.75, 3.05) is 45.2 Å². The number of amides is 1. The predicted molar refractivity (Wildman–Crippen MR) is 202 cm³/mol. The number of aryl methyl sites for hydroxylation is 1. The number of thiophene rings is 1. The number of nitrogens with one attached hydrogen (secondary N) is 1. The lowest BCUT2D eigenvalue weighted by Gasteiger charge is -2.38. The minimum Gasteiger partial charge on any atom is -0.497 e. The van der Waals surface area contributed by atoms with Gasteiger partial charge in [0.15, 0.2) is 12.1 Å². The van der Waals surface area contributed by atoms with Gasteiger partial charge in [-0.25, -0.2) is 9.97 Å². The van der Waals surface area contributed by atoms with Crippen molar-refractivity contribution in [1.29, 1.82) is 0 Å². The van der Waals surface area contributed by atoms with Gasteiger partial charge >= 0.3 is 5.97 Å². The van der Waals surface area contributed by atoms with E-state index in [2.05, 4.69) is 66.1 Å². The van der Waals surface area contributed by atoms with Gasteiger partial charge in [0.2, 0.25) is 5.91 Å². The van der Waals surface area contributed by atoms with E-state index in [-0.39, 0.29) is 24.4 Å². The van der Waals surface area contributed by atoms with E-state index in [1.165, 1.54) is 16.0 Å². The van der Waals surface area contributed by atoms with E-state index in [4.69, 9.17) is 9.84 Å². The summed E-state index contributed by atoms with van der Waals surface area (Å²) in [5, 5.41) is 12.1. The molecule has 0 radical (unpaired) electrons. The summed E-state index contributed by atoms with van der Waals surface area (Å²) in [6.07, 6.45) is 7.41. The molecule has 2 N–H and O–H groups in total. The molecular weight excluding hydrogens is 663 g/mol. The number of likely N-dealkylation sites (tertiary alicyclic amines) is 1. The average Bonchev–Trinajstić information content (AvgIpc) is 3.61. The van der Waals surface area contributed by atoms with Crippen LogP contribution >= 0.6 is 11.3 Å². The van der Waals surface area contributed by atoms with Crippen molar-refractivity contribution >= 4 is 35.2 Å². The zero-order valence-electron chi connectivity index (χ0n) is 30.4. The zero-order chi connectivity index (χ0) is 36.7. The summed E-state index contributed by atoms with van der Waals surface area (Å²) < 4.78 is 5.36. The van der Waals surface area contributed by atoms with E-state index >= 15 is 0 Å². The Bertz CT molecular complexity index is 1790. The number of ether oxygens (including phenoxy) is 1. The molecule has 10 nitrogen and oxygen atoms in total. The summed E-state index contributed by atoms with van der Waals surface area (Å²) in [4.78, 5) is 49.5. The Morgan fingerprint density at radius 3 is 2.22 bits per heavy atom. The summed E-state index contributed by atoms with van der Waals surface area (Å²) in [5.41, 5.74) is 5.84. The van der Waals surface area contributed by atoms with Gasteiger partial charge in [-0.15, -0.1) is 11.3 Å². The molecule has 6 rings (SSSR count). The van der Waals surface area contributed by atoms with Gasteiger partial charge in [0.05, 0.1) is 42.0 Å². The fraction of sp³-hybridized carbons (Fsp3) is 0.425. The first kappa shape index (κ1) is 37.6. The molecule has 270 valence electrons. The number of hydrogen-bond donors (Lipinski definition) is 2. The maximum Gasteiger partial charge on any atom is 0.310 e. The summed E-state index contributed by atoms with van der Waals surface area (Å²) in [6.45, 7) is 11.1. The fourth-order valence-electron chi connectivity index (χ4n) is 6.51. The van der Waals surface area contributed by atoms with E-state index in [1.54, 1.807) is 30.4 Å². The molecule has 2 aromatic carbocycles. The number of aldehydes is 1. The molecule has 4 heterocycles. The van der Waals surface area contributed by atoms with Crippen LogP contribution < -0.4 is 15.0 Å². The normalized spacial score (nSPS) is 15.7. The third kappa shape index (κ3) is 9.39. The van der Waals surface area contributed by atoms with Crippen LogP contribution in [0.2, 0.25) is 0 Å². The highest BCUT2D eigenvalue weighted by Gasteiger charge is 2.38. The van der Waals surface area contributed by atoms with Gasteiger partial charge in [-0.05, 0) is 85.5 Å². The first-order valence-corrected chi connectivity index (χ1v) is 18.3. The maximum atomic E-state index is 12.8. The Balaban J connectivity index is 0.000000392. The van der Waals surface area contributed by atoms with Crippen LogP contribution in [0.15, 0.2) is 67.0 Å². The first-order chi connectivity index (χ1) is 24.4. The van der Waals surface area contributed by atoms with Crippen molar-refractivity contribution in [1.82, 2.24) is 20.2 Å². The molecule has 2 aliphatic rings. The minimum atomic E-state index is -0.847. The zero-order valence-corrected chi connectivity index (χ0v) is 31.2. The van der Waals surface area contributed by atoms with Gasteiger partial charge in [-0.1, -0.05) is 51.1 Å². The molecule has 0 spiro atoms. The van der Waals surface area contributed by atoms with E-state index < -0.39 is 17.9 Å². The molecule has 51 heavy (non-hydrogen) atoms. The fourth-order valence-corrected chi connectivity index (χ4v) is 7.39. The molecule has 0 saturated carbocycles. The van der Waals surface area contributed by atoms with Crippen molar-refractivity contribution in [3.05, 3.63) is 93.4 Å². The van der Waals surface area contributed by atoms with E-state index in [0.717, 1.165) is 59.7 Å². The number of piperidine rings is 1. The Morgan fingerprint density at radius 1 is 1.04 bits per heavy atom. The molecule has 4 aromatic rings. The highest BCUT2D eigenvalue weighted by molar-refractivity contribution is 7.13. The van der Waals surface area contributed by atoms with Gasteiger partial charge in [0.25, 0.3) is 0 Å². The standard InChI is InChI=1S/C31H37N5O4.C9H12OS/c1-20-14-26(40-3)8-9-27(20)22-10-12-35(13-11-22)25-16-33-29(34-17-25)23-6-4-21(5-7-23)15-28(32-2)30(37)36-18-24(19-36)31(38)39;1-9(2,3)8-5-4-7(6-10)11-8/h4-9,14,16-17,22,24,28,32H,10-13,15,18-19H2,1-3H3,(H,38,39);4-6H,1-3H3. The lowest BCUT2D eigenvalue weighted by molar-refractivity contribution is -0.153. The van der Waals surface area contributed by atoms with Crippen LogP contribution in [0, 0.1) is 12.8 Å². The van der Waals surface area contributed by atoms with Crippen molar-refractivity contribution < 1.29 is 24.2 Å². The van der Waals surface area contributed by atoms with Crippen molar-refractivity contribution in [3.63, 3.8) is 0 Å². The number of aliphatic carboxylic acids is 1. The minimum absolute atomic E-state index is 0.0637.